The normalized spacial score (nSPS) is 8.53. The second kappa shape index (κ2) is 10.8. The topological polar surface area (TPSA) is 93.8 Å². The van der Waals surface area contributed by atoms with Crippen molar-refractivity contribution in [3.8, 4) is 5.75 Å². The van der Waals surface area contributed by atoms with Crippen molar-refractivity contribution < 1.29 is 41.7 Å². The fraction of sp³-hybridized carbons (Fsp3) is 0.250. The molecule has 0 amide bonds. The Bertz CT molecular complexity index is 278. The summed E-state index contributed by atoms with van der Waals surface area (Å²) in [7, 11) is 0. The molecule has 0 aliphatic rings. The molecule has 83 valence electrons. The average molecular weight is 306 g/mol. The first-order valence-electron chi connectivity index (χ1n) is 3.82. The van der Waals surface area contributed by atoms with Gasteiger partial charge >= 0.3 is 0 Å². The Balaban J connectivity index is 0. The van der Waals surface area contributed by atoms with Gasteiger partial charge in [0.15, 0.2) is 0 Å². The van der Waals surface area contributed by atoms with E-state index < -0.39 is 0 Å². The van der Waals surface area contributed by atoms with Crippen LogP contribution in [0.4, 0.5) is 3.89 Å². The number of aromatic hydroxyl groups is 1. The van der Waals surface area contributed by atoms with Gasteiger partial charge in [-0.25, -0.2) is 0 Å². The fourth-order valence-electron chi connectivity index (χ4n) is 0.920. The summed E-state index contributed by atoms with van der Waals surface area (Å²) >= 11 is 0.0242. The number of rotatable bonds is 3. The molecule has 4 nitrogen and oxygen atoms in total. The maximum atomic E-state index is 12.1. The molecular weight excluding hydrogens is 294 g/mol. The number of hydrogen-bond acceptors (Lipinski definition) is 3. The van der Waals surface area contributed by atoms with E-state index in [1.807, 2.05) is 0 Å². The van der Waals surface area contributed by atoms with Gasteiger partial charge < -0.3 is 22.5 Å². The van der Waals surface area contributed by atoms with Crippen LogP contribution in [0.1, 0.15) is 5.56 Å². The van der Waals surface area contributed by atoms with E-state index in [2.05, 4.69) is 5.84 Å². The molecule has 0 saturated carbocycles. The maximum Gasteiger partial charge on any atom is 0.131 e. The van der Waals surface area contributed by atoms with E-state index in [1.54, 1.807) is 12.1 Å². The van der Waals surface area contributed by atoms with Crippen molar-refractivity contribution in [3.05, 3.63) is 35.3 Å². The van der Waals surface area contributed by atoms with Crippen LogP contribution in [0.3, 0.4) is 0 Å². The standard InChI is InChI=1S/C8H9FNOS.H3N2.Y/c9-12-8-5-6(3-4-10)1-2-7(8)11;1-2;/h1-2,5,10-11H,3-4H2;1H,2H2;/q2*-1;. The minimum Gasteiger partial charge on any atom is -0.677 e. The summed E-state index contributed by atoms with van der Waals surface area (Å²) in [6.07, 6.45) is 0.591. The Kier molecular flexibility index (Phi) is 12.7. The molecule has 1 radical (unpaired) electrons. The van der Waals surface area contributed by atoms with Crippen molar-refractivity contribution in [2.24, 2.45) is 5.84 Å². The van der Waals surface area contributed by atoms with Crippen molar-refractivity contribution in [1.82, 2.24) is 0 Å². The minimum atomic E-state index is -0.0452. The quantitative estimate of drug-likeness (QED) is 0.664. The first-order valence-corrected chi connectivity index (χ1v) is 4.53. The average Bonchev–Trinajstić information content (AvgIpc) is 2.24. The van der Waals surface area contributed by atoms with Crippen LogP contribution in [-0.2, 0) is 39.1 Å². The summed E-state index contributed by atoms with van der Waals surface area (Å²) in [4.78, 5) is 0.223. The van der Waals surface area contributed by atoms with Gasteiger partial charge in [-0.3, -0.25) is 0 Å². The summed E-state index contributed by atoms with van der Waals surface area (Å²) in [5.41, 5.74) is 7.84. The molecule has 0 bridgehead atoms. The predicted octanol–water partition coefficient (Wildman–Crippen LogP) is 2.87. The predicted molar refractivity (Wildman–Crippen MR) is 56.5 cm³/mol. The molecule has 0 spiro atoms. The molecule has 0 fully saturated rings. The van der Waals surface area contributed by atoms with Crippen molar-refractivity contribution in [1.29, 1.82) is 0 Å². The summed E-state index contributed by atoms with van der Waals surface area (Å²) in [5.74, 6) is 8.95. The van der Waals surface area contributed by atoms with Crippen molar-refractivity contribution >= 4 is 12.1 Å². The van der Waals surface area contributed by atoms with Gasteiger partial charge in [-0.2, -0.15) is 3.89 Å². The van der Waals surface area contributed by atoms with Gasteiger partial charge in [0.2, 0.25) is 0 Å². The van der Waals surface area contributed by atoms with Crippen LogP contribution in [0.25, 0.3) is 11.6 Å². The number of nitrogens with one attached hydrogen (secondary N) is 2. The van der Waals surface area contributed by atoms with Crippen LogP contribution < -0.4 is 5.84 Å². The third kappa shape index (κ3) is 6.45. The molecule has 0 aromatic heterocycles. The monoisotopic (exact) mass is 306 g/mol. The van der Waals surface area contributed by atoms with Gasteiger partial charge in [0.05, 0.1) is 17.0 Å². The van der Waals surface area contributed by atoms with E-state index in [0.717, 1.165) is 5.56 Å². The zero-order valence-corrected chi connectivity index (χ0v) is 11.7. The molecule has 0 saturated heterocycles. The van der Waals surface area contributed by atoms with Gasteiger partial charge in [0, 0.05) is 32.7 Å². The zero-order valence-electron chi connectivity index (χ0n) is 8.03. The molecule has 0 atom stereocenters. The van der Waals surface area contributed by atoms with Gasteiger partial charge in [0.25, 0.3) is 0 Å². The number of halogens is 1. The molecule has 0 heterocycles. The minimum absolute atomic E-state index is 0. The molecule has 1 rings (SSSR count). The second-order valence-corrected chi connectivity index (χ2v) is 2.97. The van der Waals surface area contributed by atoms with Gasteiger partial charge in [-0.15, -0.1) is 6.54 Å². The van der Waals surface area contributed by atoms with E-state index in [9.17, 15) is 3.89 Å². The summed E-state index contributed by atoms with van der Waals surface area (Å²) < 4.78 is 12.1. The van der Waals surface area contributed by atoms with Gasteiger partial charge in [-0.05, 0) is 24.1 Å². The third-order valence-electron chi connectivity index (χ3n) is 1.52. The summed E-state index contributed by atoms with van der Waals surface area (Å²) in [5, 5.41) is 9.10. The summed E-state index contributed by atoms with van der Waals surface area (Å²) in [6, 6.07) is 4.71. The number of benzene rings is 1. The van der Waals surface area contributed by atoms with Gasteiger partial charge in [0.1, 0.15) is 5.75 Å². The van der Waals surface area contributed by atoms with Crippen LogP contribution in [0, 0.1) is 0 Å². The third-order valence-corrected chi connectivity index (χ3v) is 2.01. The van der Waals surface area contributed by atoms with Crippen molar-refractivity contribution in [3.63, 3.8) is 0 Å². The molecular formula is C8H12FN3OSY-2. The van der Waals surface area contributed by atoms with E-state index >= 15 is 0 Å². The van der Waals surface area contributed by atoms with Crippen LogP contribution >= 0.6 is 12.1 Å². The van der Waals surface area contributed by atoms with E-state index in [-0.39, 0.29) is 62.0 Å². The first-order chi connectivity index (χ1) is 6.77. The van der Waals surface area contributed by atoms with Crippen molar-refractivity contribution in [2.45, 2.75) is 11.3 Å². The molecule has 5 N–H and O–H groups in total. The Morgan fingerprint density at radius 3 is 2.47 bits per heavy atom. The molecule has 15 heavy (non-hydrogen) atoms. The maximum absolute atomic E-state index is 12.1. The fourth-order valence-corrected chi connectivity index (χ4v) is 1.26. The number of nitrogens with two attached hydrogens (primary N) is 1. The molecule has 1 aromatic carbocycles. The first kappa shape index (κ1) is 17.7. The molecule has 7 heteroatoms. The largest absolute Gasteiger partial charge is 0.677 e. The summed E-state index contributed by atoms with van der Waals surface area (Å²) in [6.45, 7) is 0.279. The molecule has 0 unspecified atom stereocenters. The Morgan fingerprint density at radius 2 is 2.00 bits per heavy atom. The van der Waals surface area contributed by atoms with Crippen LogP contribution in [0.15, 0.2) is 23.1 Å². The Labute approximate surface area is 118 Å². The van der Waals surface area contributed by atoms with Crippen LogP contribution in [0.5, 0.6) is 5.75 Å². The SMILES string of the molecule is [NH-]CCc1ccc(O)c(SF)c1.[NH-]N.[Y]. The Morgan fingerprint density at radius 1 is 1.40 bits per heavy atom. The molecule has 1 aromatic rings. The van der Waals surface area contributed by atoms with E-state index in [4.69, 9.17) is 16.7 Å². The second-order valence-electron chi connectivity index (χ2n) is 2.38. The number of phenols is 1. The van der Waals surface area contributed by atoms with E-state index in [0.29, 0.717) is 6.42 Å². The smallest absolute Gasteiger partial charge is 0.131 e. The molecule has 0 aliphatic heterocycles. The van der Waals surface area contributed by atoms with E-state index in [1.165, 1.54) is 6.07 Å². The Hall–Kier alpha value is 0.284. The molecule has 0 aliphatic carbocycles. The number of phenolic OH excluding ortho intramolecular Hbond substituents is 1. The zero-order chi connectivity index (χ0) is 11.0. The van der Waals surface area contributed by atoms with Crippen molar-refractivity contribution in [2.75, 3.05) is 6.54 Å². The van der Waals surface area contributed by atoms with Crippen LogP contribution in [-0.4, -0.2) is 11.7 Å². The number of hydrogen-bond donors (Lipinski definition) is 2. The van der Waals surface area contributed by atoms with Gasteiger partial charge in [-0.1, -0.05) is 6.07 Å². The van der Waals surface area contributed by atoms with Crippen LogP contribution in [0.2, 0.25) is 0 Å².